The first kappa shape index (κ1) is 16.8. The average Bonchev–Trinajstić information content (AvgIpc) is 2.44. The summed E-state index contributed by atoms with van der Waals surface area (Å²) in [6.07, 6.45) is 1.71. The van der Waals surface area contributed by atoms with Gasteiger partial charge in [-0.3, -0.25) is 4.79 Å². The van der Waals surface area contributed by atoms with Crippen LogP contribution in [-0.2, 0) is 11.2 Å². The monoisotopic (exact) mass is 298 g/mol. The molecule has 1 amide bonds. The van der Waals surface area contributed by atoms with E-state index in [0.717, 1.165) is 18.4 Å². The Kier molecular flexibility index (Phi) is 6.82. The van der Waals surface area contributed by atoms with Gasteiger partial charge in [-0.25, -0.2) is 0 Å². The first-order chi connectivity index (χ1) is 9.47. The number of likely N-dealkylation sites (N-methyl/N-ethyl adjacent to an activating group) is 1. The predicted octanol–water partition coefficient (Wildman–Crippen LogP) is 2.48. The summed E-state index contributed by atoms with van der Waals surface area (Å²) >= 11 is 6.16. The molecule has 0 bridgehead atoms. The molecule has 0 heterocycles. The zero-order valence-corrected chi connectivity index (χ0v) is 13.1. The van der Waals surface area contributed by atoms with Crippen molar-refractivity contribution in [2.45, 2.75) is 32.7 Å². The number of halogens is 1. The molecule has 5 heteroatoms. The van der Waals surface area contributed by atoms with Gasteiger partial charge in [-0.1, -0.05) is 24.6 Å². The number of hydrogen-bond donors (Lipinski definition) is 1. The second-order valence-corrected chi connectivity index (χ2v) is 5.24. The molecule has 112 valence electrons. The SMILES string of the molecule is CCC(N)Cc1ccc(OCC(=O)N(C)CC)c(Cl)c1. The molecule has 1 atom stereocenters. The number of benzene rings is 1. The molecule has 0 radical (unpaired) electrons. The summed E-state index contributed by atoms with van der Waals surface area (Å²) in [4.78, 5) is 13.3. The van der Waals surface area contributed by atoms with Gasteiger partial charge in [0.1, 0.15) is 5.75 Å². The molecule has 0 aromatic heterocycles. The van der Waals surface area contributed by atoms with Crippen molar-refractivity contribution in [2.24, 2.45) is 5.73 Å². The molecule has 4 nitrogen and oxygen atoms in total. The number of nitrogens with two attached hydrogens (primary N) is 1. The van der Waals surface area contributed by atoms with Gasteiger partial charge in [-0.2, -0.15) is 0 Å². The second kappa shape index (κ2) is 8.12. The van der Waals surface area contributed by atoms with Crippen molar-refractivity contribution in [3.05, 3.63) is 28.8 Å². The molecule has 0 saturated carbocycles. The van der Waals surface area contributed by atoms with Crippen LogP contribution in [0.4, 0.5) is 0 Å². The van der Waals surface area contributed by atoms with Gasteiger partial charge in [0.2, 0.25) is 0 Å². The molecular weight excluding hydrogens is 276 g/mol. The summed E-state index contributed by atoms with van der Waals surface area (Å²) in [7, 11) is 1.74. The van der Waals surface area contributed by atoms with Crippen molar-refractivity contribution in [1.29, 1.82) is 0 Å². The lowest BCUT2D eigenvalue weighted by Gasteiger charge is -2.16. The fourth-order valence-electron chi connectivity index (χ4n) is 1.66. The van der Waals surface area contributed by atoms with E-state index >= 15 is 0 Å². The minimum atomic E-state index is -0.0688. The number of hydrogen-bond acceptors (Lipinski definition) is 3. The molecule has 1 unspecified atom stereocenters. The van der Waals surface area contributed by atoms with Crippen LogP contribution in [0.3, 0.4) is 0 Å². The highest BCUT2D eigenvalue weighted by atomic mass is 35.5. The summed E-state index contributed by atoms with van der Waals surface area (Å²) < 4.78 is 5.45. The number of rotatable bonds is 7. The second-order valence-electron chi connectivity index (χ2n) is 4.83. The fourth-order valence-corrected chi connectivity index (χ4v) is 1.92. The largest absolute Gasteiger partial charge is 0.482 e. The summed E-state index contributed by atoms with van der Waals surface area (Å²) in [6, 6.07) is 5.71. The van der Waals surface area contributed by atoms with Gasteiger partial charge in [-0.15, -0.1) is 0 Å². The molecular formula is C15H23ClN2O2. The Labute approximate surface area is 125 Å². The third-order valence-electron chi connectivity index (χ3n) is 3.27. The molecule has 0 spiro atoms. The van der Waals surface area contributed by atoms with Crippen molar-refractivity contribution < 1.29 is 9.53 Å². The normalized spacial score (nSPS) is 12.1. The molecule has 0 fully saturated rings. The minimum absolute atomic E-state index is 0.00210. The number of carbonyl (C=O) groups excluding carboxylic acids is 1. The summed E-state index contributed by atoms with van der Waals surface area (Å²) in [6.45, 7) is 4.62. The van der Waals surface area contributed by atoms with Gasteiger partial charge in [0.25, 0.3) is 5.91 Å². The Morgan fingerprint density at radius 2 is 2.15 bits per heavy atom. The lowest BCUT2D eigenvalue weighted by molar-refractivity contribution is -0.131. The van der Waals surface area contributed by atoms with Crippen LogP contribution in [0.15, 0.2) is 18.2 Å². The van der Waals surface area contributed by atoms with Gasteiger partial charge < -0.3 is 15.4 Å². The van der Waals surface area contributed by atoms with E-state index in [4.69, 9.17) is 22.1 Å². The smallest absolute Gasteiger partial charge is 0.260 e. The Bertz CT molecular complexity index is 451. The minimum Gasteiger partial charge on any atom is -0.482 e. The number of ether oxygens (including phenoxy) is 1. The van der Waals surface area contributed by atoms with Gasteiger partial charge in [0.15, 0.2) is 6.61 Å². The van der Waals surface area contributed by atoms with Gasteiger partial charge in [-0.05, 0) is 37.5 Å². The molecule has 1 aromatic carbocycles. The summed E-state index contributed by atoms with van der Waals surface area (Å²) in [5, 5.41) is 0.512. The van der Waals surface area contributed by atoms with Crippen LogP contribution in [0, 0.1) is 0 Å². The molecule has 20 heavy (non-hydrogen) atoms. The van der Waals surface area contributed by atoms with Crippen molar-refractivity contribution in [2.75, 3.05) is 20.2 Å². The topological polar surface area (TPSA) is 55.6 Å². The highest BCUT2D eigenvalue weighted by Crippen LogP contribution is 2.26. The van der Waals surface area contributed by atoms with E-state index in [1.54, 1.807) is 18.0 Å². The average molecular weight is 299 g/mol. The number of amides is 1. The van der Waals surface area contributed by atoms with E-state index in [2.05, 4.69) is 6.92 Å². The zero-order valence-electron chi connectivity index (χ0n) is 12.4. The molecule has 0 aliphatic heterocycles. The van der Waals surface area contributed by atoms with Gasteiger partial charge in [0, 0.05) is 19.6 Å². The van der Waals surface area contributed by atoms with Crippen LogP contribution in [0.5, 0.6) is 5.75 Å². The molecule has 1 rings (SSSR count). The zero-order chi connectivity index (χ0) is 15.1. The van der Waals surface area contributed by atoms with Crippen LogP contribution < -0.4 is 10.5 Å². The first-order valence-electron chi connectivity index (χ1n) is 6.88. The Balaban J connectivity index is 2.62. The molecule has 0 saturated heterocycles. The van der Waals surface area contributed by atoms with E-state index in [1.807, 2.05) is 19.1 Å². The summed E-state index contributed by atoms with van der Waals surface area (Å²) in [5.74, 6) is 0.457. The third-order valence-corrected chi connectivity index (χ3v) is 3.57. The maximum atomic E-state index is 11.7. The lowest BCUT2D eigenvalue weighted by Crippen LogP contribution is -2.31. The quantitative estimate of drug-likeness (QED) is 0.841. The number of nitrogens with zero attached hydrogens (tertiary/aromatic N) is 1. The first-order valence-corrected chi connectivity index (χ1v) is 7.26. The standard InChI is InChI=1S/C15H23ClN2O2/c1-4-12(17)8-11-6-7-14(13(16)9-11)20-10-15(19)18(3)5-2/h6-7,9,12H,4-5,8,10,17H2,1-3H3. The van der Waals surface area contributed by atoms with Crippen molar-refractivity contribution >= 4 is 17.5 Å². The lowest BCUT2D eigenvalue weighted by atomic mass is 10.0. The maximum absolute atomic E-state index is 11.7. The maximum Gasteiger partial charge on any atom is 0.260 e. The van der Waals surface area contributed by atoms with Crippen LogP contribution in [0.1, 0.15) is 25.8 Å². The van der Waals surface area contributed by atoms with Crippen LogP contribution in [0.2, 0.25) is 5.02 Å². The predicted molar refractivity (Wildman–Crippen MR) is 82.2 cm³/mol. The van der Waals surface area contributed by atoms with Crippen molar-refractivity contribution in [3.63, 3.8) is 0 Å². The van der Waals surface area contributed by atoms with Crippen molar-refractivity contribution in [3.8, 4) is 5.75 Å². The number of carbonyl (C=O) groups is 1. The molecule has 1 aromatic rings. The van der Waals surface area contributed by atoms with Gasteiger partial charge >= 0.3 is 0 Å². The van der Waals surface area contributed by atoms with Gasteiger partial charge in [0.05, 0.1) is 5.02 Å². The van der Waals surface area contributed by atoms with E-state index in [-0.39, 0.29) is 18.6 Å². The Morgan fingerprint density at radius 3 is 2.70 bits per heavy atom. The van der Waals surface area contributed by atoms with Crippen LogP contribution >= 0.6 is 11.6 Å². The van der Waals surface area contributed by atoms with Crippen LogP contribution in [-0.4, -0.2) is 37.0 Å². The van der Waals surface area contributed by atoms with E-state index in [9.17, 15) is 4.79 Å². The fraction of sp³-hybridized carbons (Fsp3) is 0.533. The third kappa shape index (κ3) is 5.02. The Morgan fingerprint density at radius 1 is 1.45 bits per heavy atom. The molecule has 0 aliphatic rings. The van der Waals surface area contributed by atoms with E-state index < -0.39 is 0 Å². The van der Waals surface area contributed by atoms with Crippen molar-refractivity contribution in [1.82, 2.24) is 4.90 Å². The molecule has 2 N–H and O–H groups in total. The van der Waals surface area contributed by atoms with E-state index in [1.165, 1.54) is 0 Å². The highest BCUT2D eigenvalue weighted by Gasteiger charge is 2.10. The van der Waals surface area contributed by atoms with Crippen LogP contribution in [0.25, 0.3) is 0 Å². The Hall–Kier alpha value is -1.26. The van der Waals surface area contributed by atoms with E-state index in [0.29, 0.717) is 17.3 Å². The highest BCUT2D eigenvalue weighted by molar-refractivity contribution is 6.32. The summed E-state index contributed by atoms with van der Waals surface area (Å²) in [5.41, 5.74) is 6.99. The molecule has 0 aliphatic carbocycles.